The van der Waals surface area contributed by atoms with Crippen LogP contribution in [-0.4, -0.2) is 62.2 Å². The molecule has 1 aliphatic rings. The summed E-state index contributed by atoms with van der Waals surface area (Å²) in [6.07, 6.45) is 1.28. The number of rotatable bonds is 6. The second-order valence-corrected chi connectivity index (χ2v) is 5.58. The second-order valence-electron chi connectivity index (χ2n) is 5.58. The molecule has 16 heavy (non-hydrogen) atoms. The van der Waals surface area contributed by atoms with Crippen molar-refractivity contribution in [1.82, 2.24) is 15.1 Å². The minimum atomic E-state index is 0.720. The minimum absolute atomic E-state index is 0.720. The second kappa shape index (κ2) is 7.25. The molecular formula is C13H29N3. The van der Waals surface area contributed by atoms with Crippen LogP contribution in [0.3, 0.4) is 0 Å². The summed E-state index contributed by atoms with van der Waals surface area (Å²) in [5, 5.41) is 3.51. The van der Waals surface area contributed by atoms with Crippen molar-refractivity contribution in [3.63, 3.8) is 0 Å². The molecule has 0 aromatic heterocycles. The van der Waals surface area contributed by atoms with Gasteiger partial charge in [-0.3, -0.25) is 0 Å². The summed E-state index contributed by atoms with van der Waals surface area (Å²) in [5.41, 5.74) is 0. The average molecular weight is 227 g/mol. The molecule has 0 bridgehead atoms. The molecule has 0 amide bonds. The molecule has 1 heterocycles. The van der Waals surface area contributed by atoms with Crippen molar-refractivity contribution < 1.29 is 0 Å². The van der Waals surface area contributed by atoms with Crippen molar-refractivity contribution in [2.75, 3.05) is 46.3 Å². The Morgan fingerprint density at radius 3 is 2.69 bits per heavy atom. The highest BCUT2D eigenvalue weighted by atomic mass is 15.3. The van der Waals surface area contributed by atoms with Crippen LogP contribution in [0.1, 0.15) is 27.2 Å². The summed E-state index contributed by atoms with van der Waals surface area (Å²) in [4.78, 5) is 5.05. The summed E-state index contributed by atoms with van der Waals surface area (Å²) < 4.78 is 0. The van der Waals surface area contributed by atoms with Gasteiger partial charge in [-0.25, -0.2) is 0 Å². The van der Waals surface area contributed by atoms with Crippen LogP contribution in [0.5, 0.6) is 0 Å². The maximum atomic E-state index is 3.51. The molecule has 1 fully saturated rings. The fourth-order valence-corrected chi connectivity index (χ4v) is 2.15. The molecule has 1 aliphatic heterocycles. The van der Waals surface area contributed by atoms with Crippen molar-refractivity contribution >= 4 is 0 Å². The highest BCUT2D eigenvalue weighted by Crippen LogP contribution is 2.06. The Kier molecular flexibility index (Phi) is 6.32. The topological polar surface area (TPSA) is 18.5 Å². The summed E-state index contributed by atoms with van der Waals surface area (Å²) in [6.45, 7) is 14.1. The monoisotopic (exact) mass is 227 g/mol. The number of nitrogens with zero attached hydrogens (tertiary/aromatic N) is 2. The van der Waals surface area contributed by atoms with Crippen molar-refractivity contribution in [3.05, 3.63) is 0 Å². The third-order valence-corrected chi connectivity index (χ3v) is 3.42. The van der Waals surface area contributed by atoms with Gasteiger partial charge in [0.25, 0.3) is 0 Å². The third kappa shape index (κ3) is 5.28. The number of nitrogens with one attached hydrogen (secondary N) is 1. The van der Waals surface area contributed by atoms with E-state index in [4.69, 9.17) is 0 Å². The Morgan fingerprint density at radius 2 is 2.06 bits per heavy atom. The molecule has 0 aromatic carbocycles. The molecule has 3 nitrogen and oxygen atoms in total. The summed E-state index contributed by atoms with van der Waals surface area (Å²) >= 11 is 0. The van der Waals surface area contributed by atoms with Crippen LogP contribution in [0.25, 0.3) is 0 Å². The van der Waals surface area contributed by atoms with Crippen molar-refractivity contribution in [3.8, 4) is 0 Å². The minimum Gasteiger partial charge on any atom is -0.316 e. The van der Waals surface area contributed by atoms with Gasteiger partial charge in [0.05, 0.1) is 0 Å². The van der Waals surface area contributed by atoms with Gasteiger partial charge in [0.2, 0.25) is 0 Å². The first-order valence-corrected chi connectivity index (χ1v) is 6.73. The van der Waals surface area contributed by atoms with E-state index in [-0.39, 0.29) is 0 Å². The van der Waals surface area contributed by atoms with Gasteiger partial charge >= 0.3 is 0 Å². The quantitative estimate of drug-likeness (QED) is 0.689. The first-order valence-electron chi connectivity index (χ1n) is 6.73. The zero-order valence-corrected chi connectivity index (χ0v) is 11.5. The van der Waals surface area contributed by atoms with Gasteiger partial charge < -0.3 is 15.1 Å². The Bertz CT molecular complexity index is 182. The Balaban J connectivity index is 2.01. The number of hydrogen-bond acceptors (Lipinski definition) is 3. The lowest BCUT2D eigenvalue weighted by Crippen LogP contribution is -2.50. The van der Waals surface area contributed by atoms with E-state index in [1.165, 1.54) is 39.1 Å². The van der Waals surface area contributed by atoms with Crippen LogP contribution < -0.4 is 5.32 Å². The van der Waals surface area contributed by atoms with Gasteiger partial charge in [-0.15, -0.1) is 0 Å². The fraction of sp³-hybridized carbons (Fsp3) is 1.00. The maximum absolute atomic E-state index is 3.51. The van der Waals surface area contributed by atoms with Crippen LogP contribution in [-0.2, 0) is 0 Å². The number of hydrogen-bond donors (Lipinski definition) is 1. The van der Waals surface area contributed by atoms with Crippen LogP contribution >= 0.6 is 0 Å². The zero-order chi connectivity index (χ0) is 12.0. The van der Waals surface area contributed by atoms with E-state index in [1.807, 2.05) is 0 Å². The molecule has 1 rings (SSSR count). The lowest BCUT2D eigenvalue weighted by Gasteiger charge is -2.37. The van der Waals surface area contributed by atoms with Gasteiger partial charge in [-0.2, -0.15) is 0 Å². The Hall–Kier alpha value is -0.120. The molecule has 1 saturated heterocycles. The molecule has 1 atom stereocenters. The van der Waals surface area contributed by atoms with Crippen molar-refractivity contribution in [2.45, 2.75) is 33.2 Å². The molecule has 1 N–H and O–H groups in total. The van der Waals surface area contributed by atoms with Gasteiger partial charge in [-0.1, -0.05) is 13.8 Å². The predicted molar refractivity (Wildman–Crippen MR) is 70.9 cm³/mol. The lowest BCUT2D eigenvalue weighted by molar-refractivity contribution is 0.104. The maximum Gasteiger partial charge on any atom is 0.0192 e. The van der Waals surface area contributed by atoms with E-state index in [2.05, 4.69) is 42.9 Å². The Morgan fingerprint density at radius 1 is 1.31 bits per heavy atom. The molecule has 1 unspecified atom stereocenters. The lowest BCUT2D eigenvalue weighted by atomic mass is 10.2. The number of likely N-dealkylation sites (N-methyl/N-ethyl adjacent to an activating group) is 1. The smallest absolute Gasteiger partial charge is 0.0192 e. The zero-order valence-electron chi connectivity index (χ0n) is 11.5. The molecule has 0 radical (unpaired) electrons. The van der Waals surface area contributed by atoms with Gasteiger partial charge in [-0.05, 0) is 45.9 Å². The largest absolute Gasteiger partial charge is 0.316 e. The van der Waals surface area contributed by atoms with E-state index in [1.54, 1.807) is 0 Å². The molecule has 0 spiro atoms. The van der Waals surface area contributed by atoms with E-state index < -0.39 is 0 Å². The molecule has 96 valence electrons. The van der Waals surface area contributed by atoms with Crippen LogP contribution in [0, 0.1) is 5.92 Å². The van der Waals surface area contributed by atoms with Crippen LogP contribution in [0.2, 0.25) is 0 Å². The predicted octanol–water partition coefficient (Wildman–Crippen LogP) is 1.26. The molecule has 0 saturated carbocycles. The van der Waals surface area contributed by atoms with E-state index >= 15 is 0 Å². The fourth-order valence-electron chi connectivity index (χ4n) is 2.15. The first kappa shape index (κ1) is 13.9. The first-order chi connectivity index (χ1) is 7.59. The van der Waals surface area contributed by atoms with E-state index in [9.17, 15) is 0 Å². The van der Waals surface area contributed by atoms with Crippen molar-refractivity contribution in [2.24, 2.45) is 5.92 Å². The molecule has 3 heteroatoms. The highest BCUT2D eigenvalue weighted by molar-refractivity contribution is 4.76. The van der Waals surface area contributed by atoms with Gasteiger partial charge in [0.1, 0.15) is 0 Å². The molecular weight excluding hydrogens is 198 g/mol. The molecule has 0 aromatic rings. The average Bonchev–Trinajstić information content (AvgIpc) is 2.22. The van der Waals surface area contributed by atoms with E-state index in [0.29, 0.717) is 0 Å². The Labute approximate surface area is 101 Å². The standard InChI is InChI=1S/C13H29N3/c1-12(2)10-14-6-5-7-16-9-8-15(4)13(3)11-16/h12-14H,5-11H2,1-4H3. The SMILES string of the molecule is CC(C)CNCCCN1CCN(C)C(C)C1. The highest BCUT2D eigenvalue weighted by Gasteiger charge is 2.19. The third-order valence-electron chi connectivity index (χ3n) is 3.42. The summed E-state index contributed by atoms with van der Waals surface area (Å²) in [6, 6.07) is 0.720. The van der Waals surface area contributed by atoms with Crippen molar-refractivity contribution in [1.29, 1.82) is 0 Å². The number of piperazine rings is 1. The van der Waals surface area contributed by atoms with Crippen LogP contribution in [0.15, 0.2) is 0 Å². The van der Waals surface area contributed by atoms with Gasteiger partial charge in [0, 0.05) is 25.7 Å². The summed E-state index contributed by atoms with van der Waals surface area (Å²) in [7, 11) is 2.23. The normalized spacial score (nSPS) is 24.2. The van der Waals surface area contributed by atoms with Gasteiger partial charge in [0.15, 0.2) is 0 Å². The van der Waals surface area contributed by atoms with Crippen LogP contribution in [0.4, 0.5) is 0 Å². The molecule has 0 aliphatic carbocycles. The van der Waals surface area contributed by atoms with E-state index in [0.717, 1.165) is 18.5 Å². The summed E-state index contributed by atoms with van der Waals surface area (Å²) in [5.74, 6) is 0.767.